The van der Waals surface area contributed by atoms with Crippen LogP contribution in [-0.2, 0) is 19.1 Å². The summed E-state index contributed by atoms with van der Waals surface area (Å²) in [6.45, 7) is 0. The lowest BCUT2D eigenvalue weighted by atomic mass is 9.81. The van der Waals surface area contributed by atoms with E-state index in [0.29, 0.717) is 16.1 Å². The van der Waals surface area contributed by atoms with Crippen LogP contribution in [0.25, 0.3) is 0 Å². The van der Waals surface area contributed by atoms with E-state index in [9.17, 15) is 14.4 Å². The van der Waals surface area contributed by atoms with Gasteiger partial charge in [-0.15, -0.1) is 0 Å². The second-order valence-corrected chi connectivity index (χ2v) is 6.12. The zero-order chi connectivity index (χ0) is 19.1. The van der Waals surface area contributed by atoms with Gasteiger partial charge in [-0.1, -0.05) is 54.1 Å². The maximum atomic E-state index is 12.7. The summed E-state index contributed by atoms with van der Waals surface area (Å²) < 4.78 is 9.54. The number of methoxy groups -OCH3 is 2. The van der Waals surface area contributed by atoms with Gasteiger partial charge in [-0.05, 0) is 17.7 Å². The molecule has 0 aliphatic rings. The Kier molecular flexibility index (Phi) is 6.92. The molecule has 0 heterocycles. The minimum Gasteiger partial charge on any atom is -0.468 e. The van der Waals surface area contributed by atoms with E-state index in [2.05, 4.69) is 0 Å². The smallest absolute Gasteiger partial charge is 0.320 e. The highest BCUT2D eigenvalue weighted by Crippen LogP contribution is 2.33. The van der Waals surface area contributed by atoms with Gasteiger partial charge in [-0.3, -0.25) is 14.4 Å². The average molecular weight is 375 g/mol. The van der Waals surface area contributed by atoms with Gasteiger partial charge in [0.1, 0.15) is 0 Å². The van der Waals surface area contributed by atoms with Gasteiger partial charge >= 0.3 is 11.9 Å². The lowest BCUT2D eigenvalue weighted by molar-refractivity contribution is -0.159. The van der Waals surface area contributed by atoms with Gasteiger partial charge in [0.15, 0.2) is 11.7 Å². The van der Waals surface area contributed by atoms with E-state index in [1.165, 1.54) is 14.2 Å². The van der Waals surface area contributed by atoms with Crippen molar-refractivity contribution in [2.24, 2.45) is 5.92 Å². The van der Waals surface area contributed by atoms with E-state index in [1.807, 2.05) is 0 Å². The quantitative estimate of drug-likeness (QED) is 0.420. The molecule has 2 rings (SSSR count). The Morgan fingerprint density at radius 3 is 2.08 bits per heavy atom. The van der Waals surface area contributed by atoms with Crippen molar-refractivity contribution in [2.45, 2.75) is 12.3 Å². The van der Waals surface area contributed by atoms with Crippen LogP contribution < -0.4 is 0 Å². The molecule has 0 aliphatic carbocycles. The van der Waals surface area contributed by atoms with Gasteiger partial charge in [0, 0.05) is 22.9 Å². The zero-order valence-electron chi connectivity index (χ0n) is 14.5. The zero-order valence-corrected chi connectivity index (χ0v) is 15.2. The highest BCUT2D eigenvalue weighted by atomic mass is 35.5. The summed E-state index contributed by atoms with van der Waals surface area (Å²) in [5.41, 5.74) is 1.08. The van der Waals surface area contributed by atoms with Crippen LogP contribution in [-0.4, -0.2) is 31.9 Å². The molecular weight excluding hydrogens is 356 g/mol. The van der Waals surface area contributed by atoms with Gasteiger partial charge in [-0.25, -0.2) is 0 Å². The van der Waals surface area contributed by atoms with Gasteiger partial charge in [0.05, 0.1) is 14.2 Å². The first-order valence-corrected chi connectivity index (χ1v) is 8.35. The first-order valence-electron chi connectivity index (χ1n) is 7.97. The third-order valence-corrected chi connectivity index (χ3v) is 4.33. The number of benzene rings is 2. The van der Waals surface area contributed by atoms with Crippen molar-refractivity contribution in [3.05, 3.63) is 70.7 Å². The van der Waals surface area contributed by atoms with E-state index >= 15 is 0 Å². The van der Waals surface area contributed by atoms with Crippen LogP contribution in [0.4, 0.5) is 0 Å². The number of hydrogen-bond donors (Lipinski definition) is 0. The number of esters is 2. The predicted molar refractivity (Wildman–Crippen MR) is 97.1 cm³/mol. The number of ether oxygens (including phenoxy) is 2. The molecule has 0 radical (unpaired) electrons. The molecule has 2 aromatic rings. The minimum atomic E-state index is -1.27. The molecule has 0 amide bonds. The van der Waals surface area contributed by atoms with Crippen molar-refractivity contribution < 1.29 is 23.9 Å². The second-order valence-electron chi connectivity index (χ2n) is 5.68. The summed E-state index contributed by atoms with van der Waals surface area (Å²) in [5, 5.41) is 0.438. The van der Waals surface area contributed by atoms with Gasteiger partial charge in [0.2, 0.25) is 0 Å². The van der Waals surface area contributed by atoms with E-state index in [0.717, 1.165) is 0 Å². The fourth-order valence-corrected chi connectivity index (χ4v) is 2.98. The molecular formula is C20H19ClO5. The topological polar surface area (TPSA) is 69.7 Å². The molecule has 26 heavy (non-hydrogen) atoms. The van der Waals surface area contributed by atoms with Crippen molar-refractivity contribution in [3.8, 4) is 0 Å². The Morgan fingerprint density at radius 1 is 0.923 bits per heavy atom. The molecule has 6 heteroatoms. The highest BCUT2D eigenvalue weighted by Gasteiger charge is 2.39. The number of ketones is 1. The van der Waals surface area contributed by atoms with Crippen molar-refractivity contribution in [3.63, 3.8) is 0 Å². The molecule has 0 aliphatic heterocycles. The summed E-state index contributed by atoms with van der Waals surface area (Å²) in [6.07, 6.45) is -0.0702. The second kappa shape index (κ2) is 9.15. The molecule has 0 saturated carbocycles. The van der Waals surface area contributed by atoms with E-state index in [-0.39, 0.29) is 12.2 Å². The number of carbonyl (C=O) groups excluding carboxylic acids is 3. The lowest BCUT2D eigenvalue weighted by Crippen LogP contribution is -2.33. The van der Waals surface area contributed by atoms with Crippen molar-refractivity contribution >= 4 is 29.3 Å². The number of halogens is 1. The fourth-order valence-electron chi connectivity index (χ4n) is 2.79. The molecule has 0 bridgehead atoms. The molecule has 2 aromatic carbocycles. The molecule has 5 nitrogen and oxygen atoms in total. The van der Waals surface area contributed by atoms with Crippen molar-refractivity contribution in [1.29, 1.82) is 0 Å². The van der Waals surface area contributed by atoms with Crippen LogP contribution in [0.1, 0.15) is 28.3 Å². The number of hydrogen-bond acceptors (Lipinski definition) is 5. The maximum absolute atomic E-state index is 12.7. The Morgan fingerprint density at radius 2 is 1.54 bits per heavy atom. The summed E-state index contributed by atoms with van der Waals surface area (Å²) >= 11 is 6.06. The van der Waals surface area contributed by atoms with Crippen LogP contribution in [0.15, 0.2) is 54.6 Å². The van der Waals surface area contributed by atoms with Crippen LogP contribution >= 0.6 is 11.6 Å². The third-order valence-electron chi connectivity index (χ3n) is 4.09. The molecule has 0 fully saturated rings. The van der Waals surface area contributed by atoms with Crippen LogP contribution in [0, 0.1) is 5.92 Å². The van der Waals surface area contributed by atoms with Crippen LogP contribution in [0.3, 0.4) is 0 Å². The predicted octanol–water partition coefficient (Wildman–Crippen LogP) is 3.66. The lowest BCUT2D eigenvalue weighted by Gasteiger charge is -2.23. The van der Waals surface area contributed by atoms with Gasteiger partial charge in [0.25, 0.3) is 0 Å². The first kappa shape index (κ1) is 19.7. The Labute approximate surface area is 156 Å². The van der Waals surface area contributed by atoms with Gasteiger partial charge in [-0.2, -0.15) is 0 Å². The molecule has 0 saturated heterocycles. The molecule has 136 valence electrons. The van der Waals surface area contributed by atoms with Crippen molar-refractivity contribution in [2.75, 3.05) is 14.2 Å². The largest absolute Gasteiger partial charge is 0.468 e. The van der Waals surface area contributed by atoms with Crippen LogP contribution in [0.5, 0.6) is 0 Å². The highest BCUT2D eigenvalue weighted by molar-refractivity contribution is 6.30. The monoisotopic (exact) mass is 374 g/mol. The average Bonchev–Trinajstić information content (AvgIpc) is 2.67. The molecule has 0 N–H and O–H groups in total. The van der Waals surface area contributed by atoms with E-state index in [4.69, 9.17) is 21.1 Å². The Bertz CT molecular complexity index is 772. The Hall–Kier alpha value is -2.66. The van der Waals surface area contributed by atoms with Gasteiger partial charge < -0.3 is 9.47 Å². The standard InChI is InChI=1S/C20H19ClO5/c1-25-19(23)18(20(24)26-2)16(14-9-6-10-15(21)11-14)12-17(22)13-7-4-3-5-8-13/h3-11,16,18H,12H2,1-2H3/t16-/m1/s1. The normalized spacial score (nSPS) is 11.7. The molecule has 0 aromatic heterocycles. The maximum Gasteiger partial charge on any atom is 0.320 e. The number of rotatable bonds is 7. The summed E-state index contributed by atoms with van der Waals surface area (Å²) in [4.78, 5) is 37.2. The summed E-state index contributed by atoms with van der Waals surface area (Å²) in [5.74, 6) is -3.75. The fraction of sp³-hybridized carbons (Fsp3) is 0.250. The Balaban J connectivity index is 2.45. The number of carbonyl (C=O) groups is 3. The van der Waals surface area contributed by atoms with Crippen molar-refractivity contribution in [1.82, 2.24) is 0 Å². The summed E-state index contributed by atoms with van der Waals surface area (Å²) in [6, 6.07) is 15.4. The summed E-state index contributed by atoms with van der Waals surface area (Å²) in [7, 11) is 2.37. The third kappa shape index (κ3) is 4.70. The molecule has 1 atom stereocenters. The number of Topliss-reactive ketones (excluding diaryl/α,β-unsaturated/α-hetero) is 1. The van der Waals surface area contributed by atoms with E-state index < -0.39 is 23.8 Å². The first-order chi connectivity index (χ1) is 12.5. The SMILES string of the molecule is COC(=O)C(C(=O)OC)[C@H](CC(=O)c1ccccc1)c1cccc(Cl)c1. The molecule has 0 unspecified atom stereocenters. The molecule has 0 spiro atoms. The van der Waals surface area contributed by atoms with E-state index in [1.54, 1.807) is 54.6 Å². The minimum absolute atomic E-state index is 0.0702. The van der Waals surface area contributed by atoms with Crippen LogP contribution in [0.2, 0.25) is 5.02 Å².